The highest BCUT2D eigenvalue weighted by atomic mass is 79.9. The third-order valence-electron chi connectivity index (χ3n) is 6.83. The number of esters is 1. The van der Waals surface area contributed by atoms with Crippen molar-refractivity contribution < 1.29 is 23.9 Å². The van der Waals surface area contributed by atoms with Crippen molar-refractivity contribution in [3.8, 4) is 11.1 Å². The first-order chi connectivity index (χ1) is 16.4. The molecule has 0 spiro atoms. The lowest BCUT2D eigenvalue weighted by Crippen LogP contribution is -2.43. The molecule has 186 valence electrons. The number of benzene rings is 2. The molecule has 0 radical (unpaired) electrons. The van der Waals surface area contributed by atoms with Crippen LogP contribution < -0.4 is 5.32 Å². The number of alkyl carbamates (subject to hydrolysis) is 1. The van der Waals surface area contributed by atoms with E-state index in [2.05, 4.69) is 47.2 Å². The first kappa shape index (κ1) is 25.4. The zero-order valence-corrected chi connectivity index (χ0v) is 22.5. The maximum atomic E-state index is 12.9. The summed E-state index contributed by atoms with van der Waals surface area (Å²) in [5.41, 5.74) is 4.24. The number of rotatable bonds is 5. The van der Waals surface area contributed by atoms with Crippen molar-refractivity contribution in [3.63, 3.8) is 0 Å². The number of hydrogen-bond acceptors (Lipinski definition) is 5. The predicted molar refractivity (Wildman–Crippen MR) is 137 cm³/mol. The number of Topliss-reactive ketones (excluding diaryl/α,β-unsaturated/α-hetero) is 1. The minimum absolute atomic E-state index is 0.244. The van der Waals surface area contributed by atoms with Gasteiger partial charge in [-0.3, -0.25) is 9.59 Å². The summed E-state index contributed by atoms with van der Waals surface area (Å²) >= 11 is 3.56. The summed E-state index contributed by atoms with van der Waals surface area (Å²) in [5.74, 6) is -1.19. The van der Waals surface area contributed by atoms with Gasteiger partial charge in [0.15, 0.2) is 12.4 Å². The lowest BCUT2D eigenvalue weighted by atomic mass is 9.82. The van der Waals surface area contributed by atoms with E-state index in [1.807, 2.05) is 18.2 Å². The Morgan fingerprint density at radius 2 is 1.69 bits per heavy atom. The Labute approximate surface area is 214 Å². The maximum absolute atomic E-state index is 12.9. The Bertz CT molecular complexity index is 1180. The molecule has 2 aromatic rings. The normalized spacial score (nSPS) is 20.1. The van der Waals surface area contributed by atoms with E-state index in [0.29, 0.717) is 18.4 Å². The van der Waals surface area contributed by atoms with Crippen LogP contribution in [0.3, 0.4) is 0 Å². The molecule has 0 heterocycles. The van der Waals surface area contributed by atoms with Crippen LogP contribution in [0.15, 0.2) is 40.9 Å². The number of fused-ring (bicyclic) bond motifs is 3. The van der Waals surface area contributed by atoms with Crippen LogP contribution in [0.25, 0.3) is 11.1 Å². The summed E-state index contributed by atoms with van der Waals surface area (Å²) in [6.07, 6.45) is 1.52. The summed E-state index contributed by atoms with van der Waals surface area (Å²) < 4.78 is 11.7. The molecule has 0 bridgehead atoms. The van der Waals surface area contributed by atoms with E-state index in [-0.39, 0.29) is 23.8 Å². The topological polar surface area (TPSA) is 81.7 Å². The van der Waals surface area contributed by atoms with Crippen LogP contribution in [0, 0.1) is 5.92 Å². The molecular weight excluding hydrogens is 510 g/mol. The molecule has 1 fully saturated rings. The average molecular weight is 542 g/mol. The standard InChI is InChI=1S/C28H32BrNO5/c1-27(2,3)35-26(33)30-23-8-6-7-20(23)25(32)34-15-24(31)16-9-11-18-19-12-10-17(29)14-22(19)28(4,5)21(18)13-16/h9-14,20,23H,6-8,15H2,1-5H3,(H,30,33)/t20-,23-/m0/s1. The number of ether oxygens (including phenoxy) is 2. The van der Waals surface area contributed by atoms with Crippen molar-refractivity contribution in [1.82, 2.24) is 5.32 Å². The molecule has 2 aromatic carbocycles. The van der Waals surface area contributed by atoms with Gasteiger partial charge >= 0.3 is 12.1 Å². The summed E-state index contributed by atoms with van der Waals surface area (Å²) in [4.78, 5) is 37.8. The highest BCUT2D eigenvalue weighted by Crippen LogP contribution is 2.49. The van der Waals surface area contributed by atoms with Gasteiger partial charge < -0.3 is 14.8 Å². The van der Waals surface area contributed by atoms with E-state index in [1.165, 1.54) is 11.1 Å². The largest absolute Gasteiger partial charge is 0.457 e. The summed E-state index contributed by atoms with van der Waals surface area (Å²) in [6.45, 7) is 9.34. The van der Waals surface area contributed by atoms with E-state index >= 15 is 0 Å². The summed E-state index contributed by atoms with van der Waals surface area (Å²) in [7, 11) is 0. The lowest BCUT2D eigenvalue weighted by Gasteiger charge is -2.24. The molecule has 0 unspecified atom stereocenters. The van der Waals surface area contributed by atoms with Gasteiger partial charge in [-0.05, 0) is 74.1 Å². The molecule has 4 rings (SSSR count). The molecule has 7 heteroatoms. The van der Waals surface area contributed by atoms with Crippen LogP contribution in [0.4, 0.5) is 4.79 Å². The highest BCUT2D eigenvalue weighted by Gasteiger charge is 2.38. The third kappa shape index (κ3) is 5.30. The molecule has 1 N–H and O–H groups in total. The van der Waals surface area contributed by atoms with Crippen LogP contribution >= 0.6 is 15.9 Å². The van der Waals surface area contributed by atoms with E-state index < -0.39 is 23.6 Å². The van der Waals surface area contributed by atoms with Crippen LogP contribution in [-0.2, 0) is 19.7 Å². The number of ketones is 1. The van der Waals surface area contributed by atoms with Gasteiger partial charge in [-0.25, -0.2) is 4.79 Å². The fourth-order valence-corrected chi connectivity index (χ4v) is 5.45. The zero-order chi connectivity index (χ0) is 25.5. The van der Waals surface area contributed by atoms with E-state index in [0.717, 1.165) is 22.0 Å². The highest BCUT2D eigenvalue weighted by molar-refractivity contribution is 9.10. The van der Waals surface area contributed by atoms with E-state index in [4.69, 9.17) is 9.47 Å². The molecule has 2 aliphatic rings. The van der Waals surface area contributed by atoms with Crippen molar-refractivity contribution in [2.24, 2.45) is 5.92 Å². The van der Waals surface area contributed by atoms with Gasteiger partial charge in [0.1, 0.15) is 5.60 Å². The minimum atomic E-state index is -0.618. The number of nitrogens with one attached hydrogen (secondary N) is 1. The minimum Gasteiger partial charge on any atom is -0.457 e. The fourth-order valence-electron chi connectivity index (χ4n) is 5.08. The molecule has 0 saturated heterocycles. The quantitative estimate of drug-likeness (QED) is 0.361. The Kier molecular flexibility index (Phi) is 6.84. The van der Waals surface area contributed by atoms with Gasteiger partial charge in [0.05, 0.1) is 5.92 Å². The van der Waals surface area contributed by atoms with Crippen molar-refractivity contribution in [3.05, 3.63) is 57.6 Å². The number of hydrogen-bond donors (Lipinski definition) is 1. The second kappa shape index (κ2) is 9.41. The van der Waals surface area contributed by atoms with Crippen molar-refractivity contribution >= 4 is 33.8 Å². The molecule has 2 aliphatic carbocycles. The monoisotopic (exact) mass is 541 g/mol. The van der Waals surface area contributed by atoms with Crippen molar-refractivity contribution in [2.45, 2.75) is 70.9 Å². The van der Waals surface area contributed by atoms with Gasteiger partial charge in [0, 0.05) is 21.5 Å². The lowest BCUT2D eigenvalue weighted by molar-refractivity contribution is -0.147. The van der Waals surface area contributed by atoms with Gasteiger partial charge in [0.25, 0.3) is 0 Å². The van der Waals surface area contributed by atoms with E-state index in [9.17, 15) is 14.4 Å². The summed E-state index contributed by atoms with van der Waals surface area (Å²) in [6, 6.07) is 11.6. The second-order valence-electron chi connectivity index (χ2n) is 10.9. The Morgan fingerprint density at radius 1 is 1.03 bits per heavy atom. The maximum Gasteiger partial charge on any atom is 0.407 e. The molecule has 0 aromatic heterocycles. The Morgan fingerprint density at radius 3 is 2.37 bits per heavy atom. The van der Waals surface area contributed by atoms with Crippen LogP contribution in [0.5, 0.6) is 0 Å². The van der Waals surface area contributed by atoms with Crippen molar-refractivity contribution in [2.75, 3.05) is 6.61 Å². The Balaban J connectivity index is 1.40. The second-order valence-corrected chi connectivity index (χ2v) is 11.8. The van der Waals surface area contributed by atoms with Gasteiger partial charge in [-0.2, -0.15) is 0 Å². The smallest absolute Gasteiger partial charge is 0.407 e. The molecule has 6 nitrogen and oxygen atoms in total. The first-order valence-electron chi connectivity index (χ1n) is 12.0. The fraction of sp³-hybridized carbons (Fsp3) is 0.464. The third-order valence-corrected chi connectivity index (χ3v) is 7.32. The summed E-state index contributed by atoms with van der Waals surface area (Å²) in [5, 5.41) is 2.79. The number of carbonyl (C=O) groups excluding carboxylic acids is 3. The van der Waals surface area contributed by atoms with Crippen LogP contribution in [0.1, 0.15) is 75.4 Å². The van der Waals surface area contributed by atoms with Gasteiger partial charge in [-0.1, -0.05) is 54.4 Å². The van der Waals surface area contributed by atoms with Crippen LogP contribution in [0.2, 0.25) is 0 Å². The van der Waals surface area contributed by atoms with Crippen molar-refractivity contribution in [1.29, 1.82) is 0 Å². The number of halogens is 1. The zero-order valence-electron chi connectivity index (χ0n) is 20.9. The average Bonchev–Trinajstić information content (AvgIpc) is 3.31. The molecule has 1 amide bonds. The van der Waals surface area contributed by atoms with Gasteiger partial charge in [-0.15, -0.1) is 0 Å². The molecule has 0 aliphatic heterocycles. The Hall–Kier alpha value is -2.67. The van der Waals surface area contributed by atoms with Gasteiger partial charge in [0.2, 0.25) is 0 Å². The number of amides is 1. The first-order valence-corrected chi connectivity index (χ1v) is 12.8. The molecule has 2 atom stereocenters. The predicted octanol–water partition coefficient (Wildman–Crippen LogP) is 6.17. The molecule has 35 heavy (non-hydrogen) atoms. The van der Waals surface area contributed by atoms with Crippen LogP contribution in [-0.4, -0.2) is 36.1 Å². The molecular formula is C28H32BrNO5. The SMILES string of the molecule is CC(C)(C)OC(=O)N[C@H]1CCC[C@@H]1C(=O)OCC(=O)c1ccc2c(c1)C(C)(C)c1cc(Br)ccc1-2. The van der Waals surface area contributed by atoms with E-state index in [1.54, 1.807) is 26.8 Å². The molecule has 1 saturated carbocycles. The number of carbonyl (C=O) groups is 3.